The molecule has 8 nitrogen and oxygen atoms in total. The Morgan fingerprint density at radius 1 is 0.968 bits per heavy atom. The summed E-state index contributed by atoms with van der Waals surface area (Å²) in [5.41, 5.74) is 1.33. The summed E-state index contributed by atoms with van der Waals surface area (Å²) >= 11 is 0. The molecule has 4 aromatic rings. The van der Waals surface area contributed by atoms with Gasteiger partial charge >= 0.3 is 5.63 Å². The van der Waals surface area contributed by atoms with Gasteiger partial charge < -0.3 is 9.73 Å². The molecule has 0 radical (unpaired) electrons. The minimum absolute atomic E-state index is 0.147. The summed E-state index contributed by atoms with van der Waals surface area (Å²) in [6, 6.07) is 17.3. The van der Waals surface area contributed by atoms with E-state index >= 15 is 0 Å². The highest BCUT2D eigenvalue weighted by atomic mass is 32.2. The van der Waals surface area contributed by atoms with Crippen LogP contribution in [0.25, 0.3) is 11.0 Å². The lowest BCUT2D eigenvalue weighted by Crippen LogP contribution is -2.16. The van der Waals surface area contributed by atoms with Crippen molar-refractivity contribution in [3.8, 4) is 0 Å². The number of benzene rings is 2. The van der Waals surface area contributed by atoms with Gasteiger partial charge in [-0.3, -0.25) is 9.52 Å². The number of aryl methyl sites for hydroxylation is 1. The van der Waals surface area contributed by atoms with Crippen molar-refractivity contribution in [2.45, 2.75) is 11.9 Å². The van der Waals surface area contributed by atoms with E-state index in [1.54, 1.807) is 42.5 Å². The van der Waals surface area contributed by atoms with Crippen LogP contribution in [0, 0.1) is 6.92 Å². The van der Waals surface area contributed by atoms with Gasteiger partial charge in [-0.15, -0.1) is 0 Å². The molecule has 0 aliphatic rings. The smallest absolute Gasteiger partial charge is 0.336 e. The fraction of sp³-hybridized carbons (Fsp3) is 0.0455. The first-order chi connectivity index (χ1) is 14.8. The van der Waals surface area contributed by atoms with E-state index in [2.05, 4.69) is 15.0 Å². The highest BCUT2D eigenvalue weighted by Gasteiger charge is 2.18. The Kier molecular flexibility index (Phi) is 5.26. The third kappa shape index (κ3) is 4.46. The second-order valence-corrected chi connectivity index (χ2v) is 8.42. The van der Waals surface area contributed by atoms with E-state index in [9.17, 15) is 18.0 Å². The quantitative estimate of drug-likeness (QED) is 0.463. The van der Waals surface area contributed by atoms with Crippen molar-refractivity contribution in [2.75, 3.05) is 10.0 Å². The van der Waals surface area contributed by atoms with Crippen LogP contribution in [0.2, 0.25) is 0 Å². The third-order valence-corrected chi connectivity index (χ3v) is 5.74. The van der Waals surface area contributed by atoms with E-state index in [-0.39, 0.29) is 21.9 Å². The fourth-order valence-corrected chi connectivity index (χ4v) is 3.97. The first-order valence-corrected chi connectivity index (χ1v) is 10.7. The maximum Gasteiger partial charge on any atom is 0.336 e. The number of hydrogen-bond donors (Lipinski definition) is 2. The molecule has 2 aromatic carbocycles. The van der Waals surface area contributed by atoms with Crippen LogP contribution in [-0.2, 0) is 10.0 Å². The first kappa shape index (κ1) is 20.3. The number of pyridine rings is 1. The molecule has 0 saturated carbocycles. The number of sulfonamides is 1. The normalized spacial score (nSPS) is 11.3. The average Bonchev–Trinajstić information content (AvgIpc) is 2.75. The Hall–Kier alpha value is -3.98. The van der Waals surface area contributed by atoms with Gasteiger partial charge in [-0.1, -0.05) is 29.8 Å². The minimum Gasteiger partial charge on any atom is -0.422 e. The minimum atomic E-state index is -3.96. The molecular weight excluding hydrogens is 418 g/mol. The van der Waals surface area contributed by atoms with Crippen molar-refractivity contribution >= 4 is 38.3 Å². The van der Waals surface area contributed by atoms with Crippen LogP contribution < -0.4 is 15.7 Å². The van der Waals surface area contributed by atoms with Crippen LogP contribution in [0.4, 0.5) is 11.4 Å². The van der Waals surface area contributed by atoms with Crippen molar-refractivity contribution in [1.82, 2.24) is 4.98 Å². The van der Waals surface area contributed by atoms with Crippen LogP contribution in [0.15, 0.2) is 87.2 Å². The summed E-state index contributed by atoms with van der Waals surface area (Å²) in [6.45, 7) is 1.90. The van der Waals surface area contributed by atoms with E-state index in [1.807, 2.05) is 6.92 Å². The highest BCUT2D eigenvalue weighted by Crippen LogP contribution is 2.21. The molecule has 0 unspecified atom stereocenters. The molecule has 0 aliphatic heterocycles. The van der Waals surface area contributed by atoms with Crippen molar-refractivity contribution in [2.24, 2.45) is 0 Å². The second kappa shape index (κ2) is 8.04. The van der Waals surface area contributed by atoms with Crippen LogP contribution in [-0.4, -0.2) is 19.3 Å². The summed E-state index contributed by atoms with van der Waals surface area (Å²) in [4.78, 5) is 28.2. The zero-order valence-electron chi connectivity index (χ0n) is 16.3. The maximum atomic E-state index is 12.8. The number of aromatic nitrogens is 1. The molecular formula is C22H17N3O5S. The van der Waals surface area contributed by atoms with Crippen molar-refractivity contribution < 1.29 is 17.6 Å². The van der Waals surface area contributed by atoms with E-state index in [1.165, 1.54) is 30.5 Å². The van der Waals surface area contributed by atoms with E-state index in [0.29, 0.717) is 11.1 Å². The lowest BCUT2D eigenvalue weighted by atomic mass is 10.1. The zero-order valence-corrected chi connectivity index (χ0v) is 17.1. The largest absolute Gasteiger partial charge is 0.422 e. The van der Waals surface area contributed by atoms with Gasteiger partial charge in [-0.2, -0.15) is 8.42 Å². The lowest BCUT2D eigenvalue weighted by molar-refractivity contribution is 0.102. The molecule has 0 atom stereocenters. The first-order valence-electron chi connectivity index (χ1n) is 9.22. The van der Waals surface area contributed by atoms with E-state index < -0.39 is 21.6 Å². The zero-order chi connectivity index (χ0) is 22.0. The Balaban J connectivity index is 1.60. The number of rotatable bonds is 5. The molecule has 0 fully saturated rings. The summed E-state index contributed by atoms with van der Waals surface area (Å²) in [5, 5.41) is 2.96. The lowest BCUT2D eigenvalue weighted by Gasteiger charge is -2.10. The van der Waals surface area contributed by atoms with E-state index in [4.69, 9.17) is 4.42 Å². The maximum absolute atomic E-state index is 12.8. The molecule has 2 heterocycles. The molecule has 31 heavy (non-hydrogen) atoms. The molecule has 2 aromatic heterocycles. The number of para-hydroxylation sites is 1. The topological polar surface area (TPSA) is 118 Å². The number of nitrogens with one attached hydrogen (secondary N) is 2. The van der Waals surface area contributed by atoms with Gasteiger partial charge in [-0.25, -0.2) is 9.78 Å². The predicted molar refractivity (Wildman–Crippen MR) is 117 cm³/mol. The van der Waals surface area contributed by atoms with Crippen molar-refractivity contribution in [3.63, 3.8) is 0 Å². The van der Waals surface area contributed by atoms with Crippen LogP contribution in [0.1, 0.15) is 15.9 Å². The van der Waals surface area contributed by atoms with Gasteiger partial charge in [0.25, 0.3) is 15.9 Å². The molecule has 0 aliphatic carbocycles. The molecule has 4 rings (SSSR count). The Labute approximate surface area is 177 Å². The molecule has 0 spiro atoms. The van der Waals surface area contributed by atoms with Gasteiger partial charge in [0.2, 0.25) is 0 Å². The number of carbonyl (C=O) groups is 1. The Morgan fingerprint density at radius 2 is 1.74 bits per heavy atom. The highest BCUT2D eigenvalue weighted by molar-refractivity contribution is 7.92. The van der Waals surface area contributed by atoms with Crippen LogP contribution in [0.5, 0.6) is 0 Å². The van der Waals surface area contributed by atoms with Crippen molar-refractivity contribution in [3.05, 3.63) is 94.5 Å². The van der Waals surface area contributed by atoms with E-state index in [0.717, 1.165) is 5.56 Å². The molecule has 0 bridgehead atoms. The standard InChI is InChI=1S/C22H17N3O5S/c1-14-5-8-16(9-6-14)25-31(28,29)19-13-17(11-12-23-19)24-22(27)18-4-2-3-15-7-10-20(26)30-21(15)18/h2-13,25H,1H3,(H,23,24,27). The second-order valence-electron chi connectivity index (χ2n) is 6.79. The van der Waals surface area contributed by atoms with Crippen molar-refractivity contribution in [1.29, 1.82) is 0 Å². The SMILES string of the molecule is Cc1ccc(NS(=O)(=O)c2cc(NC(=O)c3cccc4ccc(=O)oc34)ccn2)cc1. The number of hydrogen-bond acceptors (Lipinski definition) is 6. The molecule has 1 amide bonds. The van der Waals surface area contributed by atoms with Crippen LogP contribution in [0.3, 0.4) is 0 Å². The Morgan fingerprint density at radius 3 is 2.52 bits per heavy atom. The van der Waals surface area contributed by atoms with Gasteiger partial charge in [0.05, 0.1) is 5.56 Å². The number of anilines is 2. The van der Waals surface area contributed by atoms with Gasteiger partial charge in [0.1, 0.15) is 0 Å². The molecule has 9 heteroatoms. The van der Waals surface area contributed by atoms with Gasteiger partial charge in [0, 0.05) is 35.1 Å². The number of fused-ring (bicyclic) bond motifs is 1. The summed E-state index contributed by atoms with van der Waals surface area (Å²) in [7, 11) is -3.96. The van der Waals surface area contributed by atoms with Gasteiger partial charge in [-0.05, 0) is 37.3 Å². The molecule has 2 N–H and O–H groups in total. The van der Waals surface area contributed by atoms with Gasteiger partial charge in [0.15, 0.2) is 10.6 Å². The number of carbonyl (C=O) groups excluding carboxylic acids is 1. The fourth-order valence-electron chi connectivity index (χ4n) is 2.93. The Bertz CT molecular complexity index is 1440. The summed E-state index contributed by atoms with van der Waals surface area (Å²) in [5.74, 6) is -0.555. The van der Waals surface area contributed by atoms with Crippen LogP contribution >= 0.6 is 0 Å². The average molecular weight is 435 g/mol. The summed E-state index contributed by atoms with van der Waals surface area (Å²) < 4.78 is 33.0. The molecule has 0 saturated heterocycles. The molecule has 156 valence electrons. The monoisotopic (exact) mass is 435 g/mol. The number of amides is 1. The number of nitrogens with zero attached hydrogens (tertiary/aromatic N) is 1. The summed E-state index contributed by atoms with van der Waals surface area (Å²) in [6.07, 6.45) is 1.28. The third-order valence-electron chi connectivity index (χ3n) is 4.46. The predicted octanol–water partition coefficient (Wildman–Crippen LogP) is 3.55.